The van der Waals surface area contributed by atoms with Gasteiger partial charge in [0.1, 0.15) is 0 Å². The zero-order valence-corrected chi connectivity index (χ0v) is 16.6. The normalized spacial score (nSPS) is 21.6. The molecule has 3 rings (SSSR count). The van der Waals surface area contributed by atoms with Crippen LogP contribution in [0.25, 0.3) is 0 Å². The Bertz CT molecular complexity index is 553. The number of benzene rings is 1. The maximum absolute atomic E-state index is 5.73. The highest BCUT2D eigenvalue weighted by Crippen LogP contribution is 2.12. The molecule has 0 bridgehead atoms. The van der Waals surface area contributed by atoms with Crippen molar-refractivity contribution in [3.05, 3.63) is 35.9 Å². The number of nitrogens with one attached hydrogen (secondary N) is 1. The first kappa shape index (κ1) is 20.1. The summed E-state index contributed by atoms with van der Waals surface area (Å²) in [4.78, 5) is 9.64. The van der Waals surface area contributed by atoms with Crippen LogP contribution in [0.4, 0.5) is 0 Å². The molecular formula is C21H34N4O2. The smallest absolute Gasteiger partial charge is 0.194 e. The summed E-state index contributed by atoms with van der Waals surface area (Å²) in [6.45, 7) is 11.1. The van der Waals surface area contributed by atoms with E-state index in [0.29, 0.717) is 25.9 Å². The minimum atomic E-state index is 0.292. The molecular weight excluding hydrogens is 340 g/mol. The molecule has 1 atom stereocenters. The summed E-state index contributed by atoms with van der Waals surface area (Å²) in [6, 6.07) is 10.7. The van der Waals surface area contributed by atoms with E-state index in [2.05, 4.69) is 52.4 Å². The van der Waals surface area contributed by atoms with Crippen molar-refractivity contribution in [3.8, 4) is 0 Å². The van der Waals surface area contributed by atoms with Crippen molar-refractivity contribution < 1.29 is 9.47 Å². The van der Waals surface area contributed by atoms with E-state index < -0.39 is 0 Å². The van der Waals surface area contributed by atoms with Gasteiger partial charge in [-0.05, 0) is 25.3 Å². The lowest BCUT2D eigenvalue weighted by Crippen LogP contribution is -2.52. The summed E-state index contributed by atoms with van der Waals surface area (Å²) < 4.78 is 11.3. The number of rotatable bonds is 8. The third kappa shape index (κ3) is 6.79. The highest BCUT2D eigenvalue weighted by molar-refractivity contribution is 5.80. The molecule has 0 saturated carbocycles. The minimum absolute atomic E-state index is 0.292. The SMILES string of the molecule is CCNC(=NCCOCC1CCCO1)N1CCN(Cc2ccccc2)CC1. The molecule has 1 unspecified atom stereocenters. The molecule has 27 heavy (non-hydrogen) atoms. The molecule has 0 amide bonds. The van der Waals surface area contributed by atoms with Crippen molar-refractivity contribution in [3.63, 3.8) is 0 Å². The van der Waals surface area contributed by atoms with Gasteiger partial charge in [0, 0.05) is 45.9 Å². The van der Waals surface area contributed by atoms with Gasteiger partial charge in [-0.3, -0.25) is 9.89 Å². The second kappa shape index (κ2) is 11.3. The van der Waals surface area contributed by atoms with Gasteiger partial charge < -0.3 is 19.7 Å². The molecule has 0 spiro atoms. The van der Waals surface area contributed by atoms with Gasteiger partial charge in [-0.1, -0.05) is 30.3 Å². The molecule has 150 valence electrons. The number of ether oxygens (including phenoxy) is 2. The van der Waals surface area contributed by atoms with Crippen LogP contribution in [-0.2, 0) is 16.0 Å². The number of hydrogen-bond acceptors (Lipinski definition) is 4. The van der Waals surface area contributed by atoms with Gasteiger partial charge in [-0.15, -0.1) is 0 Å². The number of nitrogens with zero attached hydrogens (tertiary/aromatic N) is 3. The third-order valence-electron chi connectivity index (χ3n) is 5.08. The lowest BCUT2D eigenvalue weighted by molar-refractivity contribution is 0.0199. The number of hydrogen-bond donors (Lipinski definition) is 1. The summed E-state index contributed by atoms with van der Waals surface area (Å²) in [5.41, 5.74) is 1.38. The molecule has 0 aliphatic carbocycles. The van der Waals surface area contributed by atoms with Crippen LogP contribution in [0.3, 0.4) is 0 Å². The van der Waals surface area contributed by atoms with Crippen molar-refractivity contribution in [1.82, 2.24) is 15.1 Å². The van der Waals surface area contributed by atoms with E-state index in [0.717, 1.165) is 64.7 Å². The number of piperazine rings is 1. The highest BCUT2D eigenvalue weighted by atomic mass is 16.5. The summed E-state index contributed by atoms with van der Waals surface area (Å²) in [5.74, 6) is 1.01. The molecule has 6 nitrogen and oxygen atoms in total. The van der Waals surface area contributed by atoms with Crippen molar-refractivity contribution in [2.24, 2.45) is 4.99 Å². The Morgan fingerprint density at radius 2 is 2.04 bits per heavy atom. The monoisotopic (exact) mass is 374 g/mol. The van der Waals surface area contributed by atoms with E-state index in [1.807, 2.05) is 0 Å². The molecule has 2 heterocycles. The Hall–Kier alpha value is -1.63. The molecule has 2 fully saturated rings. The van der Waals surface area contributed by atoms with Gasteiger partial charge in [-0.2, -0.15) is 0 Å². The molecule has 0 radical (unpaired) electrons. The first-order valence-corrected chi connectivity index (χ1v) is 10.3. The van der Waals surface area contributed by atoms with E-state index in [4.69, 9.17) is 14.5 Å². The predicted molar refractivity (Wildman–Crippen MR) is 109 cm³/mol. The zero-order valence-electron chi connectivity index (χ0n) is 16.6. The Labute approximate surface area is 163 Å². The molecule has 2 saturated heterocycles. The van der Waals surface area contributed by atoms with E-state index in [-0.39, 0.29) is 0 Å². The van der Waals surface area contributed by atoms with Crippen LogP contribution in [0, 0.1) is 0 Å². The van der Waals surface area contributed by atoms with Crippen LogP contribution in [0.1, 0.15) is 25.3 Å². The first-order chi connectivity index (χ1) is 13.3. The van der Waals surface area contributed by atoms with Crippen molar-refractivity contribution in [1.29, 1.82) is 0 Å². The van der Waals surface area contributed by atoms with Crippen LogP contribution in [0.2, 0.25) is 0 Å². The van der Waals surface area contributed by atoms with Crippen molar-refractivity contribution in [2.45, 2.75) is 32.4 Å². The fourth-order valence-electron chi connectivity index (χ4n) is 3.59. The predicted octanol–water partition coefficient (Wildman–Crippen LogP) is 1.97. The van der Waals surface area contributed by atoms with E-state index >= 15 is 0 Å². The highest BCUT2D eigenvalue weighted by Gasteiger charge is 2.19. The average Bonchev–Trinajstić information content (AvgIpc) is 3.22. The van der Waals surface area contributed by atoms with Crippen LogP contribution in [0.15, 0.2) is 35.3 Å². The zero-order chi connectivity index (χ0) is 18.7. The maximum atomic E-state index is 5.73. The van der Waals surface area contributed by atoms with E-state index in [1.165, 1.54) is 5.56 Å². The van der Waals surface area contributed by atoms with Crippen LogP contribution in [-0.4, -0.2) is 81.0 Å². The summed E-state index contributed by atoms with van der Waals surface area (Å²) in [5, 5.41) is 3.43. The topological polar surface area (TPSA) is 49.3 Å². The van der Waals surface area contributed by atoms with Crippen molar-refractivity contribution >= 4 is 5.96 Å². The van der Waals surface area contributed by atoms with Crippen LogP contribution >= 0.6 is 0 Å². The Morgan fingerprint density at radius 3 is 2.74 bits per heavy atom. The molecule has 1 N–H and O–H groups in total. The quantitative estimate of drug-likeness (QED) is 0.428. The fraction of sp³-hybridized carbons (Fsp3) is 0.667. The van der Waals surface area contributed by atoms with Gasteiger partial charge >= 0.3 is 0 Å². The second-order valence-electron chi connectivity index (χ2n) is 7.19. The van der Waals surface area contributed by atoms with Gasteiger partial charge in [0.05, 0.1) is 25.9 Å². The van der Waals surface area contributed by atoms with Gasteiger partial charge in [0.25, 0.3) is 0 Å². The van der Waals surface area contributed by atoms with Crippen LogP contribution < -0.4 is 5.32 Å². The number of guanidine groups is 1. The maximum Gasteiger partial charge on any atom is 0.194 e. The van der Waals surface area contributed by atoms with Gasteiger partial charge in [-0.25, -0.2) is 0 Å². The summed E-state index contributed by atoms with van der Waals surface area (Å²) in [7, 11) is 0. The Kier molecular flexibility index (Phi) is 8.39. The summed E-state index contributed by atoms with van der Waals surface area (Å²) in [6.07, 6.45) is 2.58. The van der Waals surface area contributed by atoms with Crippen LogP contribution in [0.5, 0.6) is 0 Å². The largest absolute Gasteiger partial charge is 0.377 e. The minimum Gasteiger partial charge on any atom is -0.377 e. The summed E-state index contributed by atoms with van der Waals surface area (Å²) >= 11 is 0. The fourth-order valence-corrected chi connectivity index (χ4v) is 3.59. The van der Waals surface area contributed by atoms with Gasteiger partial charge in [0.15, 0.2) is 5.96 Å². The molecule has 1 aromatic rings. The molecule has 1 aromatic carbocycles. The van der Waals surface area contributed by atoms with E-state index in [1.54, 1.807) is 0 Å². The Morgan fingerprint density at radius 1 is 1.22 bits per heavy atom. The van der Waals surface area contributed by atoms with Gasteiger partial charge in [0.2, 0.25) is 0 Å². The molecule has 2 aliphatic heterocycles. The first-order valence-electron chi connectivity index (χ1n) is 10.3. The lowest BCUT2D eigenvalue weighted by Gasteiger charge is -2.36. The number of aliphatic imine (C=N–C) groups is 1. The molecule has 0 aromatic heterocycles. The lowest BCUT2D eigenvalue weighted by atomic mass is 10.2. The molecule has 6 heteroatoms. The van der Waals surface area contributed by atoms with Crippen molar-refractivity contribution in [2.75, 3.05) is 59.1 Å². The van der Waals surface area contributed by atoms with E-state index in [9.17, 15) is 0 Å². The molecule has 2 aliphatic rings. The third-order valence-corrected chi connectivity index (χ3v) is 5.08. The second-order valence-corrected chi connectivity index (χ2v) is 7.19. The Balaban J connectivity index is 1.38. The average molecular weight is 375 g/mol. The standard InChI is InChI=1S/C21H34N4O2/c1-2-22-21(23-10-16-26-18-20-9-6-15-27-20)25-13-11-24(12-14-25)17-19-7-4-3-5-8-19/h3-5,7-8,20H,2,6,9-18H2,1H3,(H,22,23).